The van der Waals surface area contributed by atoms with Crippen LogP contribution in [0.25, 0.3) is 5.57 Å². The van der Waals surface area contributed by atoms with Crippen LogP contribution >= 0.6 is 0 Å². The number of hydrogen-bond donors (Lipinski definition) is 0. The van der Waals surface area contributed by atoms with Crippen molar-refractivity contribution in [3.63, 3.8) is 0 Å². The predicted molar refractivity (Wildman–Crippen MR) is 102 cm³/mol. The Labute approximate surface area is 151 Å². The molecular formula is C23H30O2. The minimum absolute atomic E-state index is 0.00526. The first-order valence-electron chi connectivity index (χ1n) is 9.93. The van der Waals surface area contributed by atoms with Crippen molar-refractivity contribution < 1.29 is 9.59 Å². The molecule has 1 saturated carbocycles. The first-order valence-corrected chi connectivity index (χ1v) is 9.93. The molecule has 1 atom stereocenters. The topological polar surface area (TPSA) is 34.1 Å². The summed E-state index contributed by atoms with van der Waals surface area (Å²) < 4.78 is 0. The lowest BCUT2D eigenvalue weighted by atomic mass is 9.77. The van der Waals surface area contributed by atoms with Gasteiger partial charge < -0.3 is 0 Å². The molecule has 0 saturated heterocycles. The van der Waals surface area contributed by atoms with Crippen LogP contribution < -0.4 is 0 Å². The number of benzene rings is 1. The number of Topliss-reactive ketones (excluding diaryl/α,β-unsaturated/α-hetero) is 1. The van der Waals surface area contributed by atoms with E-state index in [2.05, 4.69) is 31.2 Å². The molecule has 0 radical (unpaired) electrons. The van der Waals surface area contributed by atoms with E-state index in [-0.39, 0.29) is 11.6 Å². The Hall–Kier alpha value is -1.70. The van der Waals surface area contributed by atoms with E-state index in [9.17, 15) is 9.59 Å². The maximum Gasteiger partial charge on any atom is 0.166 e. The van der Waals surface area contributed by atoms with Crippen molar-refractivity contribution in [3.05, 3.63) is 41.5 Å². The molecule has 1 aromatic rings. The van der Waals surface area contributed by atoms with E-state index in [0.717, 1.165) is 23.5 Å². The van der Waals surface area contributed by atoms with Crippen LogP contribution in [0.3, 0.4) is 0 Å². The fourth-order valence-electron chi connectivity index (χ4n) is 4.58. The van der Waals surface area contributed by atoms with Crippen molar-refractivity contribution in [2.75, 3.05) is 0 Å². The Balaban J connectivity index is 1.64. The maximum absolute atomic E-state index is 12.1. The van der Waals surface area contributed by atoms with E-state index in [1.807, 2.05) is 0 Å². The molecule has 134 valence electrons. The summed E-state index contributed by atoms with van der Waals surface area (Å²) in [6.45, 7) is 3.81. The van der Waals surface area contributed by atoms with E-state index >= 15 is 0 Å². The Bertz CT molecular complexity index is 645. The second kappa shape index (κ2) is 8.12. The molecule has 1 aromatic carbocycles. The number of ketones is 2. The largest absolute Gasteiger partial charge is 0.299 e. The van der Waals surface area contributed by atoms with Gasteiger partial charge in [-0.1, -0.05) is 44.0 Å². The zero-order valence-electron chi connectivity index (χ0n) is 15.6. The lowest BCUT2D eigenvalue weighted by Crippen LogP contribution is -2.23. The molecule has 0 aromatic heterocycles. The third kappa shape index (κ3) is 4.29. The first kappa shape index (κ1) is 18.1. The Morgan fingerprint density at radius 3 is 2.28 bits per heavy atom. The normalized spacial score (nSPS) is 27.0. The Morgan fingerprint density at radius 2 is 1.72 bits per heavy atom. The number of carbonyl (C=O) groups excluding carboxylic acids is 2. The molecule has 3 rings (SSSR count). The van der Waals surface area contributed by atoms with Crippen LogP contribution in [0.2, 0.25) is 0 Å². The average molecular weight is 338 g/mol. The number of hydrogen-bond acceptors (Lipinski definition) is 2. The van der Waals surface area contributed by atoms with Crippen LogP contribution in [0.5, 0.6) is 0 Å². The zero-order valence-corrected chi connectivity index (χ0v) is 15.6. The highest BCUT2D eigenvalue weighted by Gasteiger charge is 2.26. The van der Waals surface area contributed by atoms with Gasteiger partial charge in [0.25, 0.3) is 0 Å². The molecule has 1 unspecified atom stereocenters. The maximum atomic E-state index is 12.1. The van der Waals surface area contributed by atoms with Crippen molar-refractivity contribution in [2.45, 2.75) is 71.1 Å². The van der Waals surface area contributed by atoms with Crippen molar-refractivity contribution in [2.24, 2.45) is 11.8 Å². The smallest absolute Gasteiger partial charge is 0.166 e. The molecular weight excluding hydrogens is 308 g/mol. The number of rotatable bonds is 5. The highest BCUT2D eigenvalue weighted by Crippen LogP contribution is 2.38. The summed E-state index contributed by atoms with van der Waals surface area (Å²) in [5.41, 5.74) is 3.67. The summed E-state index contributed by atoms with van der Waals surface area (Å²) in [5.74, 6) is 1.20. The van der Waals surface area contributed by atoms with Gasteiger partial charge in [-0.05, 0) is 80.1 Å². The van der Waals surface area contributed by atoms with Gasteiger partial charge in [-0.25, -0.2) is 0 Å². The molecule has 0 heterocycles. The summed E-state index contributed by atoms with van der Waals surface area (Å²) in [6, 6.07) is 8.84. The van der Waals surface area contributed by atoms with Crippen LogP contribution in [0.15, 0.2) is 30.3 Å². The van der Waals surface area contributed by atoms with E-state index in [1.54, 1.807) is 6.08 Å². The molecule has 0 spiro atoms. The molecule has 2 heteroatoms. The first-order chi connectivity index (χ1) is 12.1. The van der Waals surface area contributed by atoms with Gasteiger partial charge in [0.15, 0.2) is 5.78 Å². The van der Waals surface area contributed by atoms with Gasteiger partial charge in [0.05, 0.1) is 5.92 Å². The van der Waals surface area contributed by atoms with Gasteiger partial charge in [0, 0.05) is 0 Å². The highest BCUT2D eigenvalue weighted by atomic mass is 16.1. The van der Waals surface area contributed by atoms with E-state index in [4.69, 9.17) is 0 Å². The SMILES string of the molecule is CCCC1CCC(c2ccc(C3=CC(=O)C(C(C)=O)CC3)cc2)CC1. The van der Waals surface area contributed by atoms with Gasteiger partial charge in [0.1, 0.15) is 5.78 Å². The molecule has 2 aliphatic carbocycles. The summed E-state index contributed by atoms with van der Waals surface area (Å²) in [7, 11) is 0. The molecule has 25 heavy (non-hydrogen) atoms. The summed E-state index contributed by atoms with van der Waals surface area (Å²) in [6.07, 6.45) is 11.2. The second-order valence-corrected chi connectivity index (χ2v) is 7.90. The van der Waals surface area contributed by atoms with Gasteiger partial charge in [0.2, 0.25) is 0 Å². The summed E-state index contributed by atoms with van der Waals surface area (Å²) in [4.78, 5) is 23.6. The summed E-state index contributed by atoms with van der Waals surface area (Å²) >= 11 is 0. The molecule has 0 amide bonds. The molecule has 1 fully saturated rings. The van der Waals surface area contributed by atoms with Gasteiger partial charge >= 0.3 is 0 Å². The minimum atomic E-state index is -0.415. The minimum Gasteiger partial charge on any atom is -0.299 e. The van der Waals surface area contributed by atoms with Crippen molar-refractivity contribution >= 4 is 17.1 Å². The van der Waals surface area contributed by atoms with Crippen molar-refractivity contribution in [1.29, 1.82) is 0 Å². The van der Waals surface area contributed by atoms with Crippen molar-refractivity contribution in [3.8, 4) is 0 Å². The van der Waals surface area contributed by atoms with Crippen LogP contribution in [0.4, 0.5) is 0 Å². The molecule has 2 aliphatic rings. The average Bonchev–Trinajstić information content (AvgIpc) is 2.62. The monoisotopic (exact) mass is 338 g/mol. The van der Waals surface area contributed by atoms with E-state index < -0.39 is 5.92 Å². The number of carbonyl (C=O) groups is 2. The number of allylic oxidation sites excluding steroid dienone is 2. The van der Waals surface area contributed by atoms with E-state index in [1.165, 1.54) is 51.0 Å². The fourth-order valence-corrected chi connectivity index (χ4v) is 4.58. The van der Waals surface area contributed by atoms with Crippen LogP contribution in [-0.4, -0.2) is 11.6 Å². The highest BCUT2D eigenvalue weighted by molar-refractivity contribution is 6.10. The third-order valence-electron chi connectivity index (χ3n) is 6.15. The fraction of sp³-hybridized carbons (Fsp3) is 0.565. The van der Waals surface area contributed by atoms with Gasteiger partial charge in [-0.2, -0.15) is 0 Å². The lowest BCUT2D eigenvalue weighted by Gasteiger charge is -2.28. The van der Waals surface area contributed by atoms with Crippen molar-refractivity contribution in [1.82, 2.24) is 0 Å². The van der Waals surface area contributed by atoms with E-state index in [0.29, 0.717) is 12.3 Å². The van der Waals surface area contributed by atoms with Crippen LogP contribution in [0, 0.1) is 11.8 Å². The van der Waals surface area contributed by atoms with Crippen LogP contribution in [-0.2, 0) is 9.59 Å². The Kier molecular flexibility index (Phi) is 5.88. The molecule has 2 nitrogen and oxygen atoms in total. The third-order valence-corrected chi connectivity index (χ3v) is 6.15. The Morgan fingerprint density at radius 1 is 1.04 bits per heavy atom. The lowest BCUT2D eigenvalue weighted by molar-refractivity contribution is -0.129. The summed E-state index contributed by atoms with van der Waals surface area (Å²) in [5, 5.41) is 0. The van der Waals surface area contributed by atoms with Crippen LogP contribution in [0.1, 0.15) is 82.3 Å². The molecule has 0 N–H and O–H groups in total. The van der Waals surface area contributed by atoms with Gasteiger partial charge in [-0.15, -0.1) is 0 Å². The zero-order chi connectivity index (χ0) is 17.8. The molecule has 0 bridgehead atoms. The quantitative estimate of drug-likeness (QED) is 0.644. The molecule has 0 aliphatic heterocycles. The standard InChI is InChI=1S/C23H30O2/c1-3-4-17-5-7-18(8-6-17)19-9-11-20(12-10-19)21-13-14-22(16(2)24)23(25)15-21/h9-12,15,17-18,22H,3-8,13-14H2,1-2H3. The van der Waals surface area contributed by atoms with Gasteiger partial charge in [-0.3, -0.25) is 9.59 Å². The predicted octanol–water partition coefficient (Wildman–Crippen LogP) is 5.71. The second-order valence-electron chi connectivity index (χ2n) is 7.90.